The summed E-state index contributed by atoms with van der Waals surface area (Å²) in [6.45, 7) is 8.56. The van der Waals surface area contributed by atoms with Crippen molar-refractivity contribution in [3.63, 3.8) is 0 Å². The minimum Gasteiger partial charge on any atom is -0.355 e. The zero-order chi connectivity index (χ0) is 24.9. The lowest BCUT2D eigenvalue weighted by atomic mass is 9.96. The van der Waals surface area contributed by atoms with Crippen LogP contribution in [0.1, 0.15) is 67.6 Å². The van der Waals surface area contributed by atoms with Crippen molar-refractivity contribution in [1.82, 2.24) is 30.6 Å². The number of H-pyrrole nitrogens is 1. The lowest BCUT2D eigenvalue weighted by Gasteiger charge is -2.33. The average molecular weight is 482 g/mol. The first-order chi connectivity index (χ1) is 17.6. The first-order valence-electron chi connectivity index (χ1n) is 13.1. The maximum atomic E-state index is 5.33. The number of aromatic nitrogens is 6. The molecule has 0 saturated carbocycles. The fourth-order valence-electron chi connectivity index (χ4n) is 4.87. The number of nitrogens with zero attached hydrogens (tertiary/aromatic N) is 6. The summed E-state index contributed by atoms with van der Waals surface area (Å²) >= 11 is 0. The maximum absolute atomic E-state index is 5.33. The van der Waals surface area contributed by atoms with Crippen molar-refractivity contribution in [1.29, 1.82) is 0 Å². The van der Waals surface area contributed by atoms with Crippen molar-refractivity contribution >= 4 is 5.82 Å². The maximum Gasteiger partial charge on any atom is 0.174 e. The van der Waals surface area contributed by atoms with Crippen LogP contribution in [0.4, 0.5) is 5.82 Å². The zero-order valence-electron chi connectivity index (χ0n) is 21.5. The minimum absolute atomic E-state index is 0.398. The molecule has 2 aromatic carbocycles. The first kappa shape index (κ1) is 24.1. The van der Waals surface area contributed by atoms with Gasteiger partial charge in [-0.1, -0.05) is 84.6 Å². The van der Waals surface area contributed by atoms with Crippen LogP contribution in [0.25, 0.3) is 22.5 Å². The van der Waals surface area contributed by atoms with Gasteiger partial charge in [-0.05, 0) is 33.1 Å². The Labute approximate surface area is 213 Å². The Kier molecular flexibility index (Phi) is 7.35. The topological polar surface area (TPSA) is 83.5 Å². The molecule has 0 fully saturated rings. The molecule has 7 heteroatoms. The van der Waals surface area contributed by atoms with Crippen molar-refractivity contribution in [3.05, 3.63) is 71.2 Å². The molecule has 0 aliphatic carbocycles. The van der Waals surface area contributed by atoms with Crippen molar-refractivity contribution < 1.29 is 0 Å². The number of fused-ring (bicyclic) bond motifs is 1. The van der Waals surface area contributed by atoms with E-state index in [9.17, 15) is 0 Å². The highest BCUT2D eigenvalue weighted by Crippen LogP contribution is 2.38. The summed E-state index contributed by atoms with van der Waals surface area (Å²) in [5.74, 6) is 2.26. The van der Waals surface area contributed by atoms with Gasteiger partial charge in [0.1, 0.15) is 0 Å². The Bertz CT molecular complexity index is 1260. The van der Waals surface area contributed by atoms with E-state index in [0.717, 1.165) is 85.0 Å². The number of anilines is 1. The quantitative estimate of drug-likeness (QED) is 0.293. The molecule has 5 rings (SSSR count). The summed E-state index contributed by atoms with van der Waals surface area (Å²) in [6, 6.07) is 17.3. The summed E-state index contributed by atoms with van der Waals surface area (Å²) < 4.78 is 0. The molecule has 0 bridgehead atoms. The normalized spacial score (nSPS) is 15.2. The number of aromatic amines is 1. The molecular formula is C29H35N7. The standard InChI is InChI=1S/C29H35N7/c1-20-9-13-23(14-10-20)27-28(24-15-11-21(2)12-16-24)31-29-26(30-27)22(3)17-19-36(29)18-7-5-4-6-8-25-32-34-35-33-25/h9-16,22H,4-8,17-19H2,1-3H3,(H,32,33,34,35). The highest BCUT2D eigenvalue weighted by Gasteiger charge is 2.27. The Hall–Kier alpha value is -3.61. The van der Waals surface area contributed by atoms with Crippen LogP contribution in [0.3, 0.4) is 0 Å². The minimum atomic E-state index is 0.398. The molecule has 186 valence electrons. The molecule has 0 amide bonds. The molecule has 1 aliphatic heterocycles. The molecule has 3 heterocycles. The smallest absolute Gasteiger partial charge is 0.174 e. The highest BCUT2D eigenvalue weighted by atomic mass is 15.5. The van der Waals surface area contributed by atoms with Crippen molar-refractivity contribution in [2.75, 3.05) is 18.0 Å². The van der Waals surface area contributed by atoms with Gasteiger partial charge in [0, 0.05) is 36.6 Å². The number of nitrogens with one attached hydrogen (secondary N) is 1. The molecule has 0 saturated heterocycles. The van der Waals surface area contributed by atoms with Gasteiger partial charge in [-0.25, -0.2) is 9.97 Å². The van der Waals surface area contributed by atoms with Gasteiger partial charge >= 0.3 is 0 Å². The largest absolute Gasteiger partial charge is 0.355 e. The third kappa shape index (κ3) is 5.45. The number of hydrogen-bond acceptors (Lipinski definition) is 6. The summed E-state index contributed by atoms with van der Waals surface area (Å²) in [6.07, 6.45) is 6.56. The Morgan fingerprint density at radius 1 is 0.833 bits per heavy atom. The molecule has 4 aromatic rings. The average Bonchev–Trinajstić information content (AvgIpc) is 3.41. The van der Waals surface area contributed by atoms with Gasteiger partial charge in [-0.15, -0.1) is 10.2 Å². The fourth-order valence-corrected chi connectivity index (χ4v) is 4.87. The van der Waals surface area contributed by atoms with Crippen LogP contribution in [0.2, 0.25) is 0 Å². The van der Waals surface area contributed by atoms with E-state index in [1.807, 2.05) is 0 Å². The molecule has 36 heavy (non-hydrogen) atoms. The van der Waals surface area contributed by atoms with Crippen LogP contribution in [-0.4, -0.2) is 43.7 Å². The van der Waals surface area contributed by atoms with Gasteiger partial charge in [-0.3, -0.25) is 0 Å². The second-order valence-corrected chi connectivity index (χ2v) is 10.0. The van der Waals surface area contributed by atoms with E-state index in [-0.39, 0.29) is 0 Å². The molecule has 7 nitrogen and oxygen atoms in total. The van der Waals surface area contributed by atoms with Crippen LogP contribution < -0.4 is 4.90 Å². The lowest BCUT2D eigenvalue weighted by Crippen LogP contribution is -2.33. The molecule has 1 atom stereocenters. The monoisotopic (exact) mass is 481 g/mol. The number of tetrazole rings is 1. The molecule has 1 aliphatic rings. The second-order valence-electron chi connectivity index (χ2n) is 10.0. The van der Waals surface area contributed by atoms with Gasteiger partial charge in [0.2, 0.25) is 0 Å². The van der Waals surface area contributed by atoms with Crippen LogP contribution in [0.15, 0.2) is 48.5 Å². The van der Waals surface area contributed by atoms with Crippen LogP contribution in [0.5, 0.6) is 0 Å². The molecule has 2 aromatic heterocycles. The number of hydrogen-bond donors (Lipinski definition) is 1. The third-order valence-electron chi connectivity index (χ3n) is 7.12. The van der Waals surface area contributed by atoms with Gasteiger partial charge in [0.25, 0.3) is 0 Å². The predicted molar refractivity (Wildman–Crippen MR) is 144 cm³/mol. The molecule has 0 spiro atoms. The summed E-state index contributed by atoms with van der Waals surface area (Å²) in [5, 5.41) is 14.2. The van der Waals surface area contributed by atoms with E-state index >= 15 is 0 Å². The zero-order valence-corrected chi connectivity index (χ0v) is 21.5. The van der Waals surface area contributed by atoms with Crippen LogP contribution in [0, 0.1) is 13.8 Å². The van der Waals surface area contributed by atoms with E-state index in [0.29, 0.717) is 5.92 Å². The number of unbranched alkanes of at least 4 members (excludes halogenated alkanes) is 3. The number of rotatable bonds is 9. The predicted octanol–water partition coefficient (Wildman–Crippen LogP) is 6.06. The van der Waals surface area contributed by atoms with E-state index in [1.165, 1.54) is 17.5 Å². The van der Waals surface area contributed by atoms with Crippen molar-refractivity contribution in [3.8, 4) is 22.5 Å². The molecule has 0 radical (unpaired) electrons. The SMILES string of the molecule is Cc1ccc(-c2nc3c(nc2-c2ccc(C)cc2)N(CCCCCCc2nn[nH]n2)CCC3C)cc1. The molecule has 1 N–H and O–H groups in total. The van der Waals surface area contributed by atoms with E-state index in [2.05, 4.69) is 94.8 Å². The molecule has 1 unspecified atom stereocenters. The number of aryl methyl sites for hydroxylation is 3. The fraction of sp³-hybridized carbons (Fsp3) is 0.414. The first-order valence-corrected chi connectivity index (χ1v) is 13.1. The molecular weight excluding hydrogens is 446 g/mol. The van der Waals surface area contributed by atoms with Crippen LogP contribution in [-0.2, 0) is 6.42 Å². The highest BCUT2D eigenvalue weighted by molar-refractivity contribution is 5.80. The second kappa shape index (κ2) is 11.0. The van der Waals surface area contributed by atoms with E-state index in [4.69, 9.17) is 9.97 Å². The Morgan fingerprint density at radius 3 is 2.11 bits per heavy atom. The number of benzene rings is 2. The van der Waals surface area contributed by atoms with E-state index in [1.54, 1.807) is 0 Å². The van der Waals surface area contributed by atoms with Crippen molar-refractivity contribution in [2.45, 2.75) is 65.2 Å². The van der Waals surface area contributed by atoms with Crippen LogP contribution >= 0.6 is 0 Å². The summed E-state index contributed by atoms with van der Waals surface area (Å²) in [7, 11) is 0. The summed E-state index contributed by atoms with van der Waals surface area (Å²) in [4.78, 5) is 13.1. The van der Waals surface area contributed by atoms with Gasteiger partial charge in [0.05, 0.1) is 17.1 Å². The lowest BCUT2D eigenvalue weighted by molar-refractivity contribution is 0.559. The summed E-state index contributed by atoms with van der Waals surface area (Å²) in [5.41, 5.74) is 7.81. The third-order valence-corrected chi connectivity index (χ3v) is 7.12. The van der Waals surface area contributed by atoms with Gasteiger partial charge < -0.3 is 4.90 Å². The van der Waals surface area contributed by atoms with Gasteiger partial charge in [-0.2, -0.15) is 5.21 Å². The van der Waals surface area contributed by atoms with E-state index < -0.39 is 0 Å². The van der Waals surface area contributed by atoms with Gasteiger partial charge in [0.15, 0.2) is 11.6 Å². The Morgan fingerprint density at radius 2 is 1.47 bits per heavy atom. The van der Waals surface area contributed by atoms with Crippen molar-refractivity contribution in [2.24, 2.45) is 0 Å². The Balaban J connectivity index is 1.39.